The van der Waals surface area contributed by atoms with E-state index in [4.69, 9.17) is 4.74 Å². The Morgan fingerprint density at radius 3 is 2.61 bits per heavy atom. The van der Waals surface area contributed by atoms with Crippen LogP contribution in [0.3, 0.4) is 0 Å². The molecule has 2 fully saturated rings. The molecule has 3 heterocycles. The fourth-order valence-corrected chi connectivity index (χ4v) is 5.35. The monoisotopic (exact) mass is 455 g/mol. The number of halogens is 2. The standard InChI is InChI=1S/C24H27F2N5O2/c1-13-5-19(30-22(28-13)23(3,25)26)18-12-31(15-7-24(8-15)9-16(10-24)33-4)20-11-27-21(6-17(18)20)29-14(2)32/h5-6,11-12,15-16H,7-10H2,1-4H3,(H,27,29,32). The van der Waals surface area contributed by atoms with Crippen LogP contribution in [-0.4, -0.2) is 38.6 Å². The second-order valence-electron chi connectivity index (χ2n) is 9.65. The summed E-state index contributed by atoms with van der Waals surface area (Å²) >= 11 is 0. The first-order valence-corrected chi connectivity index (χ1v) is 11.1. The van der Waals surface area contributed by atoms with Gasteiger partial charge in [-0.2, -0.15) is 8.78 Å². The Morgan fingerprint density at radius 2 is 1.97 bits per heavy atom. The zero-order chi connectivity index (χ0) is 23.5. The molecular weight excluding hydrogens is 428 g/mol. The third kappa shape index (κ3) is 3.88. The van der Waals surface area contributed by atoms with E-state index in [1.54, 1.807) is 32.4 Å². The van der Waals surface area contributed by atoms with Crippen LogP contribution in [0.2, 0.25) is 0 Å². The Bertz CT molecular complexity index is 1240. The summed E-state index contributed by atoms with van der Waals surface area (Å²) in [4.78, 5) is 24.1. The van der Waals surface area contributed by atoms with E-state index >= 15 is 0 Å². The van der Waals surface area contributed by atoms with Gasteiger partial charge in [0, 0.05) is 49.8 Å². The van der Waals surface area contributed by atoms with Gasteiger partial charge in [0.25, 0.3) is 0 Å². The Hall–Kier alpha value is -2.94. The number of fused-ring (bicyclic) bond motifs is 1. The van der Waals surface area contributed by atoms with Crippen molar-refractivity contribution in [3.8, 4) is 11.3 Å². The van der Waals surface area contributed by atoms with Crippen molar-refractivity contribution >= 4 is 22.6 Å². The van der Waals surface area contributed by atoms with Crippen molar-refractivity contribution in [2.24, 2.45) is 5.41 Å². The van der Waals surface area contributed by atoms with E-state index in [-0.39, 0.29) is 5.91 Å². The second-order valence-corrected chi connectivity index (χ2v) is 9.65. The largest absolute Gasteiger partial charge is 0.381 e. The molecule has 0 atom stereocenters. The number of pyridine rings is 1. The molecular formula is C24H27F2N5O2. The van der Waals surface area contributed by atoms with E-state index in [1.807, 2.05) is 6.20 Å². The van der Waals surface area contributed by atoms with Crippen LogP contribution < -0.4 is 5.32 Å². The SMILES string of the molecule is COC1CC2(C1)CC(n1cc(-c3cc(C)nc(C(C)(F)F)n3)c3cc(NC(C)=O)ncc31)C2. The summed E-state index contributed by atoms with van der Waals surface area (Å²) in [5.41, 5.74) is 2.85. The average molecular weight is 456 g/mol. The van der Waals surface area contributed by atoms with Crippen LogP contribution in [0.1, 0.15) is 57.1 Å². The van der Waals surface area contributed by atoms with Gasteiger partial charge in [-0.15, -0.1) is 0 Å². The third-order valence-electron chi connectivity index (χ3n) is 6.93. The number of carbonyl (C=O) groups is 1. The number of nitrogens with zero attached hydrogens (tertiary/aromatic N) is 4. The minimum Gasteiger partial charge on any atom is -0.381 e. The second kappa shape index (κ2) is 7.55. The first-order valence-electron chi connectivity index (χ1n) is 11.1. The van der Waals surface area contributed by atoms with E-state index in [1.165, 1.54) is 6.92 Å². The topological polar surface area (TPSA) is 81.9 Å². The molecule has 33 heavy (non-hydrogen) atoms. The number of methoxy groups -OCH3 is 1. The van der Waals surface area contributed by atoms with Crippen molar-refractivity contribution in [3.05, 3.63) is 36.0 Å². The van der Waals surface area contributed by atoms with Gasteiger partial charge in [-0.3, -0.25) is 4.79 Å². The fraction of sp³-hybridized carbons (Fsp3) is 0.500. The number of hydrogen-bond acceptors (Lipinski definition) is 5. The van der Waals surface area contributed by atoms with Crippen LogP contribution >= 0.6 is 0 Å². The normalized spacial score (nSPS) is 24.5. The molecule has 3 aromatic rings. The van der Waals surface area contributed by atoms with Crippen LogP contribution in [0, 0.1) is 12.3 Å². The number of alkyl halides is 2. The Labute approximate surface area is 190 Å². The van der Waals surface area contributed by atoms with E-state index in [2.05, 4.69) is 24.8 Å². The molecule has 174 valence electrons. The van der Waals surface area contributed by atoms with Crippen LogP contribution in [-0.2, 0) is 15.5 Å². The smallest absolute Gasteiger partial charge is 0.303 e. The Kier molecular flexibility index (Phi) is 5.00. The van der Waals surface area contributed by atoms with Crippen LogP contribution in [0.5, 0.6) is 0 Å². The predicted molar refractivity (Wildman–Crippen MR) is 120 cm³/mol. The number of nitrogens with one attached hydrogen (secondary N) is 1. The van der Waals surface area contributed by atoms with Gasteiger partial charge in [0.2, 0.25) is 5.91 Å². The molecule has 0 bridgehead atoms. The minimum atomic E-state index is -3.15. The number of carbonyl (C=O) groups excluding carboxylic acids is 1. The molecule has 0 aliphatic heterocycles. The van der Waals surface area contributed by atoms with Crippen LogP contribution in [0.15, 0.2) is 24.5 Å². The molecule has 0 aromatic carbocycles. The quantitative estimate of drug-likeness (QED) is 0.585. The van der Waals surface area contributed by atoms with Crippen molar-refractivity contribution in [1.29, 1.82) is 0 Å². The highest BCUT2D eigenvalue weighted by Gasteiger charge is 2.53. The van der Waals surface area contributed by atoms with Gasteiger partial charge in [0.15, 0.2) is 5.82 Å². The molecule has 3 aromatic heterocycles. The summed E-state index contributed by atoms with van der Waals surface area (Å²) in [6.45, 7) is 3.90. The van der Waals surface area contributed by atoms with Gasteiger partial charge < -0.3 is 14.6 Å². The maximum absolute atomic E-state index is 14.0. The highest BCUT2D eigenvalue weighted by atomic mass is 19.3. The molecule has 2 saturated carbocycles. The van der Waals surface area contributed by atoms with Gasteiger partial charge in [-0.05, 0) is 50.2 Å². The van der Waals surface area contributed by atoms with E-state index < -0.39 is 11.7 Å². The van der Waals surface area contributed by atoms with Gasteiger partial charge in [0.1, 0.15) is 5.82 Å². The molecule has 1 spiro atoms. The molecule has 9 heteroatoms. The number of rotatable bonds is 5. The van der Waals surface area contributed by atoms with Crippen LogP contribution in [0.25, 0.3) is 22.2 Å². The average Bonchev–Trinajstić information content (AvgIpc) is 3.03. The number of aryl methyl sites for hydroxylation is 1. The molecule has 2 aliphatic carbocycles. The van der Waals surface area contributed by atoms with Crippen molar-refractivity contribution in [3.63, 3.8) is 0 Å². The summed E-state index contributed by atoms with van der Waals surface area (Å²) in [5, 5.41) is 3.51. The summed E-state index contributed by atoms with van der Waals surface area (Å²) < 4.78 is 35.7. The first-order chi connectivity index (χ1) is 15.6. The van der Waals surface area contributed by atoms with Crippen LogP contribution in [0.4, 0.5) is 14.6 Å². The lowest BCUT2D eigenvalue weighted by atomic mass is 9.53. The van der Waals surface area contributed by atoms with Crippen molar-refractivity contribution in [1.82, 2.24) is 19.5 Å². The zero-order valence-electron chi connectivity index (χ0n) is 19.2. The van der Waals surface area contributed by atoms with Crippen molar-refractivity contribution in [2.75, 3.05) is 12.4 Å². The van der Waals surface area contributed by atoms with E-state index in [0.717, 1.165) is 49.1 Å². The molecule has 1 amide bonds. The Balaban J connectivity index is 1.58. The lowest BCUT2D eigenvalue weighted by Crippen LogP contribution is -2.50. The number of aromatic nitrogens is 4. The summed E-state index contributed by atoms with van der Waals surface area (Å²) in [5.74, 6) is -3.47. The van der Waals surface area contributed by atoms with Gasteiger partial charge in [-0.1, -0.05) is 0 Å². The maximum atomic E-state index is 14.0. The van der Waals surface area contributed by atoms with Gasteiger partial charge >= 0.3 is 5.92 Å². The molecule has 0 radical (unpaired) electrons. The lowest BCUT2D eigenvalue weighted by molar-refractivity contribution is -0.120. The lowest BCUT2D eigenvalue weighted by Gasteiger charge is -2.57. The zero-order valence-corrected chi connectivity index (χ0v) is 19.2. The predicted octanol–water partition coefficient (Wildman–Crippen LogP) is 5.00. The highest BCUT2D eigenvalue weighted by Crippen LogP contribution is 2.61. The van der Waals surface area contributed by atoms with Crippen molar-refractivity contribution < 1.29 is 18.3 Å². The van der Waals surface area contributed by atoms with Gasteiger partial charge in [-0.25, -0.2) is 15.0 Å². The maximum Gasteiger partial charge on any atom is 0.303 e. The molecule has 2 aliphatic rings. The molecule has 0 unspecified atom stereocenters. The fourth-order valence-electron chi connectivity index (χ4n) is 5.35. The minimum absolute atomic E-state index is 0.229. The Morgan fingerprint density at radius 1 is 1.24 bits per heavy atom. The molecule has 0 saturated heterocycles. The summed E-state index contributed by atoms with van der Waals surface area (Å²) in [7, 11) is 1.76. The number of anilines is 1. The number of hydrogen-bond donors (Lipinski definition) is 1. The number of ether oxygens (including phenoxy) is 1. The van der Waals surface area contributed by atoms with Gasteiger partial charge in [0.05, 0.1) is 23.5 Å². The summed E-state index contributed by atoms with van der Waals surface area (Å²) in [6, 6.07) is 3.79. The van der Waals surface area contributed by atoms with E-state index in [0.29, 0.717) is 34.8 Å². The third-order valence-corrected chi connectivity index (χ3v) is 6.93. The van der Waals surface area contributed by atoms with E-state index in [9.17, 15) is 13.6 Å². The van der Waals surface area contributed by atoms with Crippen molar-refractivity contribution in [2.45, 2.75) is 64.5 Å². The molecule has 5 rings (SSSR count). The molecule has 7 nitrogen and oxygen atoms in total. The highest BCUT2D eigenvalue weighted by molar-refractivity contribution is 5.98. The first kappa shape index (κ1) is 21.9. The molecule has 1 N–H and O–H groups in total. The number of amides is 1. The summed E-state index contributed by atoms with van der Waals surface area (Å²) in [6.07, 6.45) is 8.32.